The lowest BCUT2D eigenvalue weighted by molar-refractivity contribution is 0.193. The summed E-state index contributed by atoms with van der Waals surface area (Å²) in [7, 11) is 0. The number of carbonyl (C=O) groups is 1. The zero-order valence-electron chi connectivity index (χ0n) is 6.71. The van der Waals surface area contributed by atoms with Crippen LogP contribution in [0.15, 0.2) is 0 Å². The summed E-state index contributed by atoms with van der Waals surface area (Å²) in [5.74, 6) is 0.269. The van der Waals surface area contributed by atoms with Crippen molar-refractivity contribution in [3.63, 3.8) is 0 Å². The fraction of sp³-hybridized carbons (Fsp3) is 0.857. The molecule has 0 spiro atoms. The third-order valence-corrected chi connectivity index (χ3v) is 1.46. The monoisotopic (exact) mass is 161 g/mol. The third kappa shape index (κ3) is 7.12. The van der Waals surface area contributed by atoms with Crippen molar-refractivity contribution in [2.24, 2.45) is 5.92 Å². The summed E-state index contributed by atoms with van der Waals surface area (Å²) in [5.41, 5.74) is 0. The summed E-state index contributed by atoms with van der Waals surface area (Å²) in [6.07, 6.45) is 0.659. The highest BCUT2D eigenvalue weighted by Gasteiger charge is 1.99. The SMILES string of the molecule is CC(CO)CCCNC(=O)O. The molecule has 1 amide bonds. The first-order valence-electron chi connectivity index (χ1n) is 3.74. The standard InChI is InChI=1S/C7H15NO3/c1-6(5-9)3-2-4-8-7(10)11/h6,8-9H,2-5H2,1H3,(H,10,11). The van der Waals surface area contributed by atoms with Gasteiger partial charge in [-0.3, -0.25) is 0 Å². The molecule has 0 bridgehead atoms. The van der Waals surface area contributed by atoms with Gasteiger partial charge < -0.3 is 15.5 Å². The first-order valence-corrected chi connectivity index (χ1v) is 3.74. The van der Waals surface area contributed by atoms with E-state index < -0.39 is 6.09 Å². The van der Waals surface area contributed by atoms with Crippen LogP contribution in [0.2, 0.25) is 0 Å². The molecular weight excluding hydrogens is 146 g/mol. The summed E-state index contributed by atoms with van der Waals surface area (Å²) < 4.78 is 0. The van der Waals surface area contributed by atoms with Gasteiger partial charge in [-0.1, -0.05) is 6.92 Å². The molecule has 4 heteroatoms. The van der Waals surface area contributed by atoms with E-state index in [1.807, 2.05) is 6.92 Å². The predicted octanol–water partition coefficient (Wildman–Crippen LogP) is 0.663. The highest BCUT2D eigenvalue weighted by molar-refractivity contribution is 5.64. The minimum atomic E-state index is -0.985. The van der Waals surface area contributed by atoms with Gasteiger partial charge >= 0.3 is 6.09 Å². The molecule has 11 heavy (non-hydrogen) atoms. The van der Waals surface area contributed by atoms with Crippen LogP contribution in [0, 0.1) is 5.92 Å². The van der Waals surface area contributed by atoms with E-state index >= 15 is 0 Å². The molecule has 0 aromatic carbocycles. The van der Waals surface area contributed by atoms with E-state index in [4.69, 9.17) is 10.2 Å². The maximum atomic E-state index is 9.95. The van der Waals surface area contributed by atoms with Gasteiger partial charge in [0.25, 0.3) is 0 Å². The zero-order valence-corrected chi connectivity index (χ0v) is 6.71. The van der Waals surface area contributed by atoms with Crippen molar-refractivity contribution >= 4 is 6.09 Å². The summed E-state index contributed by atoms with van der Waals surface area (Å²) in [6.45, 7) is 2.58. The van der Waals surface area contributed by atoms with Crippen LogP contribution in [0.3, 0.4) is 0 Å². The molecule has 0 aliphatic rings. The topological polar surface area (TPSA) is 69.6 Å². The maximum Gasteiger partial charge on any atom is 0.404 e. The van der Waals surface area contributed by atoms with Crippen LogP contribution in [0.25, 0.3) is 0 Å². The van der Waals surface area contributed by atoms with E-state index in [1.165, 1.54) is 0 Å². The molecule has 1 atom stereocenters. The van der Waals surface area contributed by atoms with Crippen molar-refractivity contribution < 1.29 is 15.0 Å². The van der Waals surface area contributed by atoms with Crippen molar-refractivity contribution in [1.29, 1.82) is 0 Å². The molecule has 0 aromatic heterocycles. The Morgan fingerprint density at radius 3 is 2.73 bits per heavy atom. The van der Waals surface area contributed by atoms with Crippen LogP contribution in [-0.2, 0) is 0 Å². The Balaban J connectivity index is 3.08. The molecule has 0 rings (SSSR count). The van der Waals surface area contributed by atoms with Crippen LogP contribution >= 0.6 is 0 Å². The first kappa shape index (κ1) is 10.2. The second-order valence-corrected chi connectivity index (χ2v) is 2.66. The molecule has 0 aliphatic heterocycles. The summed E-state index contributed by atoms with van der Waals surface area (Å²) in [6, 6.07) is 0. The van der Waals surface area contributed by atoms with Gasteiger partial charge in [-0.25, -0.2) is 4.79 Å². The van der Waals surface area contributed by atoms with E-state index in [9.17, 15) is 4.79 Å². The highest BCUT2D eigenvalue weighted by Crippen LogP contribution is 2.02. The van der Waals surface area contributed by atoms with Gasteiger partial charge in [0.2, 0.25) is 0 Å². The number of amides is 1. The molecule has 0 fully saturated rings. The fourth-order valence-corrected chi connectivity index (χ4v) is 0.737. The average molecular weight is 161 g/mol. The van der Waals surface area contributed by atoms with E-state index in [1.54, 1.807) is 0 Å². The van der Waals surface area contributed by atoms with Crippen LogP contribution in [-0.4, -0.2) is 29.5 Å². The number of nitrogens with one attached hydrogen (secondary N) is 1. The average Bonchev–Trinajstić information content (AvgIpc) is 1.97. The molecule has 66 valence electrons. The first-order chi connectivity index (χ1) is 5.16. The summed E-state index contributed by atoms with van der Waals surface area (Å²) >= 11 is 0. The number of rotatable bonds is 5. The van der Waals surface area contributed by atoms with Crippen molar-refractivity contribution in [3.8, 4) is 0 Å². The van der Waals surface area contributed by atoms with Gasteiger partial charge in [0.05, 0.1) is 0 Å². The summed E-state index contributed by atoms with van der Waals surface area (Å²) in [5, 5.41) is 19.0. The third-order valence-electron chi connectivity index (χ3n) is 1.46. The van der Waals surface area contributed by atoms with Crippen LogP contribution in [0.4, 0.5) is 4.79 Å². The minimum Gasteiger partial charge on any atom is -0.465 e. The Hall–Kier alpha value is -0.770. The Bertz CT molecular complexity index is 116. The van der Waals surface area contributed by atoms with Gasteiger partial charge in [0, 0.05) is 13.2 Å². The Morgan fingerprint density at radius 1 is 1.64 bits per heavy atom. The van der Waals surface area contributed by atoms with Crippen molar-refractivity contribution in [2.75, 3.05) is 13.2 Å². The smallest absolute Gasteiger partial charge is 0.404 e. The van der Waals surface area contributed by atoms with Crippen molar-refractivity contribution in [2.45, 2.75) is 19.8 Å². The van der Waals surface area contributed by atoms with Crippen molar-refractivity contribution in [3.05, 3.63) is 0 Å². The van der Waals surface area contributed by atoms with Gasteiger partial charge in [0.15, 0.2) is 0 Å². The summed E-state index contributed by atoms with van der Waals surface area (Å²) in [4.78, 5) is 9.95. The molecule has 0 aromatic rings. The molecule has 0 aliphatic carbocycles. The molecule has 0 saturated heterocycles. The molecule has 0 heterocycles. The van der Waals surface area contributed by atoms with E-state index in [2.05, 4.69) is 5.32 Å². The molecule has 1 unspecified atom stereocenters. The lowest BCUT2D eigenvalue weighted by Gasteiger charge is -2.06. The number of hydrogen-bond donors (Lipinski definition) is 3. The Kier molecular flexibility index (Phi) is 5.56. The van der Waals surface area contributed by atoms with Crippen LogP contribution in [0.1, 0.15) is 19.8 Å². The van der Waals surface area contributed by atoms with Gasteiger partial charge in [-0.2, -0.15) is 0 Å². The quantitative estimate of drug-likeness (QED) is 0.519. The lowest BCUT2D eigenvalue weighted by Crippen LogP contribution is -2.22. The zero-order chi connectivity index (χ0) is 8.69. The Labute approximate surface area is 66.2 Å². The van der Waals surface area contributed by atoms with Crippen molar-refractivity contribution in [1.82, 2.24) is 5.32 Å². The molecule has 4 nitrogen and oxygen atoms in total. The predicted molar refractivity (Wildman–Crippen MR) is 41.5 cm³/mol. The highest BCUT2D eigenvalue weighted by atomic mass is 16.4. The molecule has 0 radical (unpaired) electrons. The molecular formula is C7H15NO3. The molecule has 3 N–H and O–H groups in total. The number of aliphatic hydroxyl groups is 1. The number of carboxylic acid groups (broad SMARTS) is 1. The van der Waals surface area contributed by atoms with Gasteiger partial charge in [-0.15, -0.1) is 0 Å². The number of hydrogen-bond acceptors (Lipinski definition) is 2. The Morgan fingerprint density at radius 2 is 2.27 bits per heavy atom. The maximum absolute atomic E-state index is 9.95. The lowest BCUT2D eigenvalue weighted by atomic mass is 10.1. The fourth-order valence-electron chi connectivity index (χ4n) is 0.737. The second-order valence-electron chi connectivity index (χ2n) is 2.66. The van der Waals surface area contributed by atoms with Gasteiger partial charge in [0.1, 0.15) is 0 Å². The van der Waals surface area contributed by atoms with E-state index in [0.717, 1.165) is 12.8 Å². The second kappa shape index (κ2) is 5.97. The van der Waals surface area contributed by atoms with Crippen LogP contribution in [0.5, 0.6) is 0 Å². The van der Waals surface area contributed by atoms with E-state index in [-0.39, 0.29) is 12.5 Å². The minimum absolute atomic E-state index is 0.174. The van der Waals surface area contributed by atoms with Gasteiger partial charge in [-0.05, 0) is 18.8 Å². The van der Waals surface area contributed by atoms with E-state index in [0.29, 0.717) is 6.54 Å². The number of aliphatic hydroxyl groups excluding tert-OH is 1. The largest absolute Gasteiger partial charge is 0.465 e. The normalized spacial score (nSPS) is 12.5. The molecule has 0 saturated carbocycles. The van der Waals surface area contributed by atoms with Crippen LogP contribution < -0.4 is 5.32 Å².